The van der Waals surface area contributed by atoms with Crippen LogP contribution in [0.1, 0.15) is 46.7 Å². The summed E-state index contributed by atoms with van der Waals surface area (Å²) in [4.78, 5) is 18.9. The molecule has 0 N–H and O–H groups in total. The average molecular weight is 365 g/mol. The molecule has 8 nitrogen and oxygen atoms in total. The Morgan fingerprint density at radius 3 is 3.00 bits per heavy atom. The van der Waals surface area contributed by atoms with Gasteiger partial charge in [-0.2, -0.15) is 5.10 Å². The van der Waals surface area contributed by atoms with E-state index in [0.717, 1.165) is 24.3 Å². The van der Waals surface area contributed by atoms with Gasteiger partial charge in [-0.1, -0.05) is 11.2 Å². The van der Waals surface area contributed by atoms with Crippen molar-refractivity contribution in [3.63, 3.8) is 0 Å². The highest BCUT2D eigenvalue weighted by molar-refractivity contribution is 5.92. The molecule has 3 aromatic rings. The summed E-state index contributed by atoms with van der Waals surface area (Å²) in [5, 5.41) is 8.38. The molecular weight excluding hydrogens is 346 g/mol. The van der Waals surface area contributed by atoms with Crippen LogP contribution in [0.15, 0.2) is 47.2 Å². The molecule has 1 atom stereocenters. The first kappa shape index (κ1) is 16.0. The number of amides is 1. The Morgan fingerprint density at radius 1 is 1.26 bits per heavy atom. The van der Waals surface area contributed by atoms with Gasteiger partial charge in [-0.05, 0) is 25.0 Å². The fourth-order valence-corrected chi connectivity index (χ4v) is 3.39. The Balaban J connectivity index is 1.33. The van der Waals surface area contributed by atoms with Crippen molar-refractivity contribution < 1.29 is 14.1 Å². The number of hydrogen-bond acceptors (Lipinski definition) is 6. The van der Waals surface area contributed by atoms with Gasteiger partial charge in [0.25, 0.3) is 5.91 Å². The normalized spacial score (nSPS) is 19.0. The van der Waals surface area contributed by atoms with Crippen molar-refractivity contribution >= 4 is 5.91 Å². The van der Waals surface area contributed by atoms with Crippen molar-refractivity contribution in [3.8, 4) is 5.88 Å². The lowest BCUT2D eigenvalue weighted by Gasteiger charge is -2.33. The summed E-state index contributed by atoms with van der Waals surface area (Å²) in [5.41, 5.74) is 1.34. The minimum Gasteiger partial charge on any atom is -0.475 e. The number of rotatable bonds is 5. The Hall–Kier alpha value is -3.16. The van der Waals surface area contributed by atoms with E-state index in [9.17, 15) is 4.79 Å². The zero-order valence-electron chi connectivity index (χ0n) is 14.7. The van der Waals surface area contributed by atoms with Crippen molar-refractivity contribution in [2.75, 3.05) is 13.2 Å². The minimum atomic E-state index is -0.124. The molecule has 1 aliphatic heterocycles. The lowest BCUT2D eigenvalue weighted by molar-refractivity contribution is 0.0621. The molecular formula is C19H19N5O3. The van der Waals surface area contributed by atoms with Gasteiger partial charge in [0.15, 0.2) is 5.69 Å². The summed E-state index contributed by atoms with van der Waals surface area (Å²) in [6.45, 7) is 1.36. The lowest BCUT2D eigenvalue weighted by atomic mass is 10.1. The minimum absolute atomic E-state index is 0.0930. The number of ether oxygens (including phenoxy) is 1. The molecule has 1 saturated carbocycles. The van der Waals surface area contributed by atoms with Crippen LogP contribution in [-0.4, -0.2) is 43.9 Å². The topological polar surface area (TPSA) is 86.3 Å². The van der Waals surface area contributed by atoms with Crippen molar-refractivity contribution in [2.24, 2.45) is 0 Å². The van der Waals surface area contributed by atoms with E-state index in [1.807, 2.05) is 28.9 Å². The van der Waals surface area contributed by atoms with Crippen molar-refractivity contribution in [3.05, 3.63) is 59.9 Å². The predicted molar refractivity (Wildman–Crippen MR) is 94.2 cm³/mol. The number of aromatic nitrogens is 4. The number of fused-ring (bicyclic) bond motifs is 1. The summed E-state index contributed by atoms with van der Waals surface area (Å²) < 4.78 is 13.1. The second-order valence-corrected chi connectivity index (χ2v) is 6.97. The van der Waals surface area contributed by atoms with Crippen molar-refractivity contribution in [1.29, 1.82) is 0 Å². The van der Waals surface area contributed by atoms with E-state index < -0.39 is 0 Å². The van der Waals surface area contributed by atoms with Crippen LogP contribution in [0.3, 0.4) is 0 Å². The van der Waals surface area contributed by atoms with Gasteiger partial charge in [-0.15, -0.1) is 0 Å². The third kappa shape index (κ3) is 3.18. The van der Waals surface area contributed by atoms with Crippen LogP contribution in [0.2, 0.25) is 0 Å². The van der Waals surface area contributed by atoms with Gasteiger partial charge in [0.2, 0.25) is 5.88 Å². The Bertz CT molecular complexity index is 947. The molecule has 0 saturated heterocycles. The maximum Gasteiger partial charge on any atom is 0.276 e. The van der Waals surface area contributed by atoms with E-state index in [2.05, 4.69) is 15.2 Å². The van der Waals surface area contributed by atoms with E-state index in [1.54, 1.807) is 23.4 Å². The lowest BCUT2D eigenvalue weighted by Crippen LogP contribution is -2.43. The van der Waals surface area contributed by atoms with Gasteiger partial charge in [-0.25, -0.2) is 4.98 Å². The Kier molecular flexibility index (Phi) is 3.88. The first-order chi connectivity index (χ1) is 13.3. The summed E-state index contributed by atoms with van der Waals surface area (Å²) >= 11 is 0. The number of hydrogen-bond donors (Lipinski definition) is 0. The summed E-state index contributed by atoms with van der Waals surface area (Å²) in [6.07, 6.45) is 5.66. The van der Waals surface area contributed by atoms with Crippen molar-refractivity contribution in [2.45, 2.75) is 31.3 Å². The Morgan fingerprint density at radius 2 is 2.19 bits per heavy atom. The molecule has 2 aliphatic rings. The summed E-state index contributed by atoms with van der Waals surface area (Å²) in [6, 6.07) is 9.14. The first-order valence-electron chi connectivity index (χ1n) is 9.10. The van der Waals surface area contributed by atoms with Gasteiger partial charge >= 0.3 is 0 Å². The smallest absolute Gasteiger partial charge is 0.276 e. The van der Waals surface area contributed by atoms with Crippen LogP contribution in [-0.2, 0) is 6.54 Å². The van der Waals surface area contributed by atoms with Gasteiger partial charge in [0.1, 0.15) is 18.4 Å². The standard InChI is InChI=1S/C19H19N5O3/c25-19(16-9-17(27-22-16)13-4-5-13)23-10-14-6-8-21-24(14)15(11-23)12-26-18-3-1-2-7-20-18/h1-3,6-9,13,15H,4-5,10-12H2. The second kappa shape index (κ2) is 6.53. The molecule has 1 aliphatic carbocycles. The highest BCUT2D eigenvalue weighted by atomic mass is 16.5. The zero-order valence-corrected chi connectivity index (χ0v) is 14.7. The molecule has 1 fully saturated rings. The molecule has 138 valence electrons. The van der Waals surface area contributed by atoms with E-state index in [0.29, 0.717) is 37.2 Å². The van der Waals surface area contributed by atoms with Crippen LogP contribution in [0.4, 0.5) is 0 Å². The molecule has 4 heterocycles. The number of carbonyl (C=O) groups is 1. The quantitative estimate of drug-likeness (QED) is 0.690. The van der Waals surface area contributed by atoms with Gasteiger partial charge in [0.05, 0.1) is 12.2 Å². The number of carbonyl (C=O) groups excluding carboxylic acids is 1. The SMILES string of the molecule is O=C(c1cc(C2CC2)on1)N1Cc2ccnn2C(COc2ccccn2)C1. The number of pyridine rings is 1. The van der Waals surface area contributed by atoms with Gasteiger partial charge in [-0.3, -0.25) is 9.48 Å². The van der Waals surface area contributed by atoms with E-state index in [1.165, 1.54) is 0 Å². The first-order valence-corrected chi connectivity index (χ1v) is 9.10. The maximum absolute atomic E-state index is 12.9. The van der Waals surface area contributed by atoms with Crippen LogP contribution in [0.25, 0.3) is 0 Å². The molecule has 0 spiro atoms. The van der Waals surface area contributed by atoms with Crippen LogP contribution >= 0.6 is 0 Å². The molecule has 0 bridgehead atoms. The fraction of sp³-hybridized carbons (Fsp3) is 0.368. The molecule has 27 heavy (non-hydrogen) atoms. The summed E-state index contributed by atoms with van der Waals surface area (Å²) in [5.74, 6) is 1.68. The van der Waals surface area contributed by atoms with Crippen LogP contribution in [0.5, 0.6) is 5.88 Å². The summed E-state index contributed by atoms with van der Waals surface area (Å²) in [7, 11) is 0. The Labute approximate surface area is 155 Å². The third-order valence-corrected chi connectivity index (χ3v) is 4.96. The van der Waals surface area contributed by atoms with E-state index in [4.69, 9.17) is 9.26 Å². The van der Waals surface area contributed by atoms with Crippen LogP contribution < -0.4 is 4.74 Å². The second-order valence-electron chi connectivity index (χ2n) is 6.97. The fourth-order valence-electron chi connectivity index (χ4n) is 3.39. The highest BCUT2D eigenvalue weighted by Gasteiger charge is 2.33. The average Bonchev–Trinajstić information content (AvgIpc) is 3.24. The van der Waals surface area contributed by atoms with E-state index in [-0.39, 0.29) is 11.9 Å². The van der Waals surface area contributed by atoms with Crippen LogP contribution in [0, 0.1) is 0 Å². The predicted octanol–water partition coefficient (Wildman–Crippen LogP) is 2.42. The molecule has 5 rings (SSSR count). The van der Waals surface area contributed by atoms with E-state index >= 15 is 0 Å². The molecule has 3 aromatic heterocycles. The highest BCUT2D eigenvalue weighted by Crippen LogP contribution is 2.40. The molecule has 8 heteroatoms. The van der Waals surface area contributed by atoms with Crippen molar-refractivity contribution in [1.82, 2.24) is 24.8 Å². The monoisotopic (exact) mass is 365 g/mol. The van der Waals surface area contributed by atoms with Gasteiger partial charge < -0.3 is 14.2 Å². The molecule has 0 radical (unpaired) electrons. The van der Waals surface area contributed by atoms with Gasteiger partial charge in [0, 0.05) is 37.0 Å². The maximum atomic E-state index is 12.9. The molecule has 1 amide bonds. The zero-order chi connectivity index (χ0) is 18.2. The third-order valence-electron chi connectivity index (χ3n) is 4.96. The largest absolute Gasteiger partial charge is 0.475 e. The molecule has 1 unspecified atom stereocenters. The molecule has 0 aromatic carbocycles. The number of nitrogens with zero attached hydrogens (tertiary/aromatic N) is 5.